The van der Waals surface area contributed by atoms with E-state index in [1.54, 1.807) is 6.92 Å². The largest absolute Gasteiger partial charge is 0.484 e. The molecule has 0 aliphatic heterocycles. The van der Waals surface area contributed by atoms with E-state index in [0.29, 0.717) is 11.8 Å². The number of hydrogen-bond donors (Lipinski definition) is 0. The Balaban J connectivity index is 2.93. The smallest absolute Gasteiger partial charge is 0.310 e. The molecule has 0 amide bonds. The van der Waals surface area contributed by atoms with E-state index < -0.39 is 4.92 Å². The summed E-state index contributed by atoms with van der Waals surface area (Å²) in [6, 6.07) is 3.96. The maximum atomic E-state index is 10.7. The molecule has 6 nitrogen and oxygen atoms in total. The van der Waals surface area contributed by atoms with Crippen LogP contribution in [0.5, 0.6) is 5.75 Å². The summed E-state index contributed by atoms with van der Waals surface area (Å²) in [5, 5.41) is 10.7. The van der Waals surface area contributed by atoms with Crippen molar-refractivity contribution in [1.82, 2.24) is 0 Å². The number of rotatable bonds is 6. The van der Waals surface area contributed by atoms with Crippen LogP contribution in [0, 0.1) is 10.1 Å². The topological polar surface area (TPSA) is 78.7 Å². The highest BCUT2D eigenvalue weighted by Crippen LogP contribution is 2.27. The fraction of sp³-hybridized carbons (Fsp3) is 0.364. The first-order valence-electron chi connectivity index (χ1n) is 4.97. The summed E-state index contributed by atoms with van der Waals surface area (Å²) < 4.78 is 10.2. The van der Waals surface area contributed by atoms with Gasteiger partial charge >= 0.3 is 5.69 Å². The summed E-state index contributed by atoms with van der Waals surface area (Å²) in [6.45, 7) is 1.95. The lowest BCUT2D eigenvalue weighted by molar-refractivity contribution is -0.385. The number of benzene rings is 1. The van der Waals surface area contributed by atoms with Gasteiger partial charge in [-0.1, -0.05) is 0 Å². The van der Waals surface area contributed by atoms with Crippen LogP contribution in [0.4, 0.5) is 5.69 Å². The third-order valence-corrected chi connectivity index (χ3v) is 2.19. The third-order valence-electron chi connectivity index (χ3n) is 2.19. The minimum absolute atomic E-state index is 0.0727. The lowest BCUT2D eigenvalue weighted by Gasteiger charge is -2.11. The molecule has 1 atom stereocenters. The second-order valence-electron chi connectivity index (χ2n) is 3.46. The molecule has 1 unspecified atom stereocenters. The van der Waals surface area contributed by atoms with Gasteiger partial charge in [0, 0.05) is 18.7 Å². The molecule has 1 rings (SSSR count). The predicted molar refractivity (Wildman–Crippen MR) is 60.4 cm³/mol. The Labute approximate surface area is 98.3 Å². The van der Waals surface area contributed by atoms with E-state index in [-0.39, 0.29) is 24.1 Å². The summed E-state index contributed by atoms with van der Waals surface area (Å²) >= 11 is 0. The molecule has 0 aliphatic carbocycles. The molecule has 0 spiro atoms. The van der Waals surface area contributed by atoms with Crippen LogP contribution in [-0.2, 0) is 4.74 Å². The van der Waals surface area contributed by atoms with Crippen molar-refractivity contribution in [2.45, 2.75) is 13.0 Å². The van der Waals surface area contributed by atoms with Crippen LogP contribution in [0.25, 0.3) is 0 Å². The molecule has 0 fully saturated rings. The first kappa shape index (κ1) is 13.1. The number of carbonyl (C=O) groups excluding carboxylic acids is 1. The highest BCUT2D eigenvalue weighted by Gasteiger charge is 2.16. The van der Waals surface area contributed by atoms with Gasteiger partial charge < -0.3 is 9.47 Å². The second kappa shape index (κ2) is 5.95. The zero-order valence-electron chi connectivity index (χ0n) is 9.58. The van der Waals surface area contributed by atoms with Gasteiger partial charge in [-0.3, -0.25) is 14.9 Å². The van der Waals surface area contributed by atoms with Gasteiger partial charge in [0.25, 0.3) is 0 Å². The second-order valence-corrected chi connectivity index (χ2v) is 3.46. The highest BCUT2D eigenvalue weighted by molar-refractivity contribution is 5.76. The normalized spacial score (nSPS) is 11.9. The van der Waals surface area contributed by atoms with E-state index in [2.05, 4.69) is 0 Å². The molecule has 0 saturated heterocycles. The number of methoxy groups -OCH3 is 1. The zero-order chi connectivity index (χ0) is 12.8. The number of nitrogens with zero attached hydrogens (tertiary/aromatic N) is 1. The number of ether oxygens (including phenoxy) is 2. The average molecular weight is 239 g/mol. The van der Waals surface area contributed by atoms with Crippen molar-refractivity contribution >= 4 is 12.0 Å². The summed E-state index contributed by atoms with van der Waals surface area (Å²) in [5.74, 6) is 0.0727. The quantitative estimate of drug-likeness (QED) is 0.430. The fourth-order valence-electron chi connectivity index (χ4n) is 1.15. The maximum Gasteiger partial charge on any atom is 0.310 e. The maximum absolute atomic E-state index is 10.7. The Kier molecular flexibility index (Phi) is 4.59. The van der Waals surface area contributed by atoms with Gasteiger partial charge in [0.15, 0.2) is 5.75 Å². The van der Waals surface area contributed by atoms with Gasteiger partial charge in [-0.05, 0) is 19.1 Å². The zero-order valence-corrected chi connectivity index (χ0v) is 9.58. The van der Waals surface area contributed by atoms with Crippen molar-refractivity contribution in [1.29, 1.82) is 0 Å². The first-order chi connectivity index (χ1) is 8.08. The van der Waals surface area contributed by atoms with Crippen LogP contribution in [0.15, 0.2) is 18.2 Å². The van der Waals surface area contributed by atoms with Crippen LogP contribution in [-0.4, -0.2) is 31.0 Å². The van der Waals surface area contributed by atoms with E-state index in [4.69, 9.17) is 9.47 Å². The van der Waals surface area contributed by atoms with E-state index in [1.165, 1.54) is 25.3 Å². The van der Waals surface area contributed by atoms with Crippen molar-refractivity contribution in [3.8, 4) is 5.75 Å². The van der Waals surface area contributed by atoms with Crippen LogP contribution in [0.2, 0.25) is 0 Å². The van der Waals surface area contributed by atoms with Gasteiger partial charge in [-0.2, -0.15) is 0 Å². The molecule has 1 aromatic carbocycles. The summed E-state index contributed by atoms with van der Waals surface area (Å²) in [6.07, 6.45) is 0.422. The molecule has 0 heterocycles. The monoisotopic (exact) mass is 239 g/mol. The van der Waals surface area contributed by atoms with Crippen molar-refractivity contribution in [3.63, 3.8) is 0 Å². The molecule has 0 bridgehead atoms. The van der Waals surface area contributed by atoms with Crippen molar-refractivity contribution in [3.05, 3.63) is 33.9 Å². The molecule has 0 radical (unpaired) electrons. The van der Waals surface area contributed by atoms with E-state index in [9.17, 15) is 14.9 Å². The van der Waals surface area contributed by atoms with Crippen LogP contribution in [0.1, 0.15) is 17.3 Å². The van der Waals surface area contributed by atoms with Gasteiger partial charge in [-0.25, -0.2) is 0 Å². The molecule has 1 aromatic rings. The number of carbonyl (C=O) groups is 1. The minimum Gasteiger partial charge on any atom is -0.484 e. The van der Waals surface area contributed by atoms with Crippen molar-refractivity contribution in [2.75, 3.05) is 13.7 Å². The Morgan fingerprint density at radius 2 is 2.24 bits per heavy atom. The molecule has 92 valence electrons. The Bertz CT molecular complexity index is 418. The molecule has 0 aromatic heterocycles. The first-order valence-corrected chi connectivity index (χ1v) is 4.97. The SMILES string of the molecule is COC(C)COc1cc(C=O)ccc1[N+](=O)[O-]. The lowest BCUT2D eigenvalue weighted by atomic mass is 10.2. The summed E-state index contributed by atoms with van der Waals surface area (Å²) in [4.78, 5) is 20.8. The summed E-state index contributed by atoms with van der Waals surface area (Å²) in [7, 11) is 1.52. The molecule has 17 heavy (non-hydrogen) atoms. The molecule has 6 heteroatoms. The number of nitro benzene ring substituents is 1. The Hall–Kier alpha value is -1.95. The van der Waals surface area contributed by atoms with Gasteiger partial charge in [-0.15, -0.1) is 0 Å². The van der Waals surface area contributed by atoms with Crippen LogP contribution < -0.4 is 4.74 Å². The molecular formula is C11H13NO5. The highest BCUT2D eigenvalue weighted by atomic mass is 16.6. The summed E-state index contributed by atoms with van der Waals surface area (Å²) in [5.41, 5.74) is 0.162. The molecule has 0 saturated carbocycles. The van der Waals surface area contributed by atoms with Crippen LogP contribution >= 0.6 is 0 Å². The fourth-order valence-corrected chi connectivity index (χ4v) is 1.15. The van der Waals surface area contributed by atoms with E-state index in [1.807, 2.05) is 0 Å². The number of nitro groups is 1. The van der Waals surface area contributed by atoms with Crippen LogP contribution in [0.3, 0.4) is 0 Å². The van der Waals surface area contributed by atoms with Gasteiger partial charge in [0.05, 0.1) is 11.0 Å². The lowest BCUT2D eigenvalue weighted by Crippen LogP contribution is -2.16. The Morgan fingerprint density at radius 1 is 1.53 bits per heavy atom. The van der Waals surface area contributed by atoms with E-state index >= 15 is 0 Å². The molecule has 0 N–H and O–H groups in total. The molecular weight excluding hydrogens is 226 g/mol. The standard InChI is InChI=1S/C11H13NO5/c1-8(16-2)7-17-11-5-9(6-13)3-4-10(11)12(14)15/h3-6,8H,7H2,1-2H3. The van der Waals surface area contributed by atoms with E-state index in [0.717, 1.165) is 0 Å². The predicted octanol–water partition coefficient (Wildman–Crippen LogP) is 1.82. The van der Waals surface area contributed by atoms with Crippen molar-refractivity contribution in [2.24, 2.45) is 0 Å². The van der Waals surface area contributed by atoms with Crippen molar-refractivity contribution < 1.29 is 19.2 Å². The van der Waals surface area contributed by atoms with Gasteiger partial charge in [0.2, 0.25) is 0 Å². The number of aldehydes is 1. The van der Waals surface area contributed by atoms with Gasteiger partial charge in [0.1, 0.15) is 12.9 Å². The Morgan fingerprint density at radius 3 is 2.76 bits per heavy atom. The third kappa shape index (κ3) is 3.53. The average Bonchev–Trinajstić information content (AvgIpc) is 2.35. The minimum atomic E-state index is -0.554. The number of hydrogen-bond acceptors (Lipinski definition) is 5. The molecule has 0 aliphatic rings.